The first-order chi connectivity index (χ1) is 15.0. The molecule has 0 bridgehead atoms. The number of nitrogens with one attached hydrogen (secondary N) is 1. The lowest BCUT2D eigenvalue weighted by atomic mass is 10.1. The molecule has 1 aliphatic rings. The molecule has 8 heteroatoms. The fourth-order valence-electron chi connectivity index (χ4n) is 4.14. The van der Waals surface area contributed by atoms with Gasteiger partial charge in [-0.05, 0) is 46.0 Å². The lowest BCUT2D eigenvalue weighted by molar-refractivity contribution is -0.132. The minimum Gasteiger partial charge on any atom is -0.391 e. The van der Waals surface area contributed by atoms with E-state index < -0.39 is 12.1 Å². The van der Waals surface area contributed by atoms with E-state index in [4.69, 9.17) is 0 Å². The van der Waals surface area contributed by atoms with Gasteiger partial charge in [0.05, 0.1) is 11.8 Å². The Morgan fingerprint density at radius 1 is 1.03 bits per heavy atom. The van der Waals surface area contributed by atoms with Gasteiger partial charge >= 0.3 is 0 Å². The molecule has 1 aromatic rings. The summed E-state index contributed by atoms with van der Waals surface area (Å²) in [5, 5.41) is 20.6. The Labute approximate surface area is 186 Å². The minimum absolute atomic E-state index is 0.223. The van der Waals surface area contributed by atoms with Crippen LogP contribution in [-0.4, -0.2) is 62.6 Å². The molecule has 2 heterocycles. The molecule has 2 atom stereocenters. The number of hydrogen-bond donors (Lipinski definition) is 2. The maximum absolute atomic E-state index is 12.4. The van der Waals surface area contributed by atoms with Crippen molar-refractivity contribution in [1.82, 2.24) is 25.2 Å². The highest BCUT2D eigenvalue weighted by Crippen LogP contribution is 2.14. The molecule has 1 saturated heterocycles. The Bertz CT molecular complexity index is 655. The number of likely N-dealkylation sites (tertiary alicyclic amines) is 1. The number of amides is 2. The summed E-state index contributed by atoms with van der Waals surface area (Å²) in [6, 6.07) is -0.747. The van der Waals surface area contributed by atoms with Crippen molar-refractivity contribution < 1.29 is 14.7 Å². The Morgan fingerprint density at radius 2 is 1.65 bits per heavy atom. The number of unbranched alkanes of at least 4 members (excludes halogenated alkanes) is 7. The molecule has 2 rings (SSSR count). The van der Waals surface area contributed by atoms with Gasteiger partial charge in [-0.2, -0.15) is 0 Å². The Morgan fingerprint density at radius 3 is 2.23 bits per heavy atom. The number of aliphatic hydroxyl groups excluding tert-OH is 1. The number of carbonyl (C=O) groups excluding carboxylic acids is 2. The van der Waals surface area contributed by atoms with Crippen LogP contribution < -0.4 is 5.32 Å². The Balaban J connectivity index is 1.44. The van der Waals surface area contributed by atoms with Crippen molar-refractivity contribution in [2.45, 2.75) is 103 Å². The van der Waals surface area contributed by atoms with E-state index in [9.17, 15) is 14.7 Å². The van der Waals surface area contributed by atoms with Crippen molar-refractivity contribution in [2.24, 2.45) is 0 Å². The van der Waals surface area contributed by atoms with Gasteiger partial charge in [0.15, 0.2) is 6.04 Å². The fraction of sp³-hybridized carbons (Fsp3) is 0.826. The van der Waals surface area contributed by atoms with E-state index in [2.05, 4.69) is 15.6 Å². The van der Waals surface area contributed by atoms with Gasteiger partial charge in [0, 0.05) is 32.3 Å². The second kappa shape index (κ2) is 14.2. The van der Waals surface area contributed by atoms with Gasteiger partial charge < -0.3 is 15.3 Å². The largest absolute Gasteiger partial charge is 0.391 e. The van der Waals surface area contributed by atoms with Crippen molar-refractivity contribution >= 4 is 11.8 Å². The zero-order valence-corrected chi connectivity index (χ0v) is 19.4. The smallest absolute Gasteiger partial charge is 0.247 e. The van der Waals surface area contributed by atoms with Gasteiger partial charge in [-0.25, -0.2) is 4.68 Å². The van der Waals surface area contributed by atoms with Crippen molar-refractivity contribution in [3.8, 4) is 0 Å². The van der Waals surface area contributed by atoms with Crippen LogP contribution in [0.1, 0.15) is 95.7 Å². The molecule has 0 saturated carbocycles. The van der Waals surface area contributed by atoms with Gasteiger partial charge in [0.1, 0.15) is 0 Å². The highest BCUT2D eigenvalue weighted by Gasteiger charge is 2.26. The number of aromatic nitrogens is 3. The van der Waals surface area contributed by atoms with E-state index in [-0.39, 0.29) is 5.91 Å². The molecule has 0 unspecified atom stereocenters. The molecule has 0 aromatic carbocycles. The van der Waals surface area contributed by atoms with E-state index in [0.717, 1.165) is 58.0 Å². The first kappa shape index (κ1) is 25.3. The van der Waals surface area contributed by atoms with Crippen LogP contribution in [0.3, 0.4) is 0 Å². The fourth-order valence-corrected chi connectivity index (χ4v) is 4.14. The van der Waals surface area contributed by atoms with Gasteiger partial charge in [0.25, 0.3) is 0 Å². The first-order valence-corrected chi connectivity index (χ1v) is 12.1. The summed E-state index contributed by atoms with van der Waals surface area (Å²) in [4.78, 5) is 26.5. The predicted octanol–water partition coefficient (Wildman–Crippen LogP) is 3.15. The molecule has 0 aliphatic carbocycles. The van der Waals surface area contributed by atoms with Crippen LogP contribution in [0.2, 0.25) is 0 Å². The van der Waals surface area contributed by atoms with Crippen molar-refractivity contribution in [2.75, 3.05) is 19.6 Å². The highest BCUT2D eigenvalue weighted by molar-refractivity contribution is 5.80. The summed E-state index contributed by atoms with van der Waals surface area (Å²) in [6.45, 7) is 5.91. The number of hydrogen-bond acceptors (Lipinski definition) is 5. The maximum atomic E-state index is 12.4. The zero-order valence-electron chi connectivity index (χ0n) is 19.4. The van der Waals surface area contributed by atoms with Crippen molar-refractivity contribution in [1.29, 1.82) is 0 Å². The molecule has 31 heavy (non-hydrogen) atoms. The summed E-state index contributed by atoms with van der Waals surface area (Å²) >= 11 is 0. The standard InChI is InChI=1S/C23H41N5O3/c1-19-18-28(26-25-19)22(20(2)29)23(31)24-15-11-8-6-4-3-5-7-10-14-21(30)27-16-12-9-13-17-27/h18,20,22,29H,3-17H2,1-2H3,(H,24,31)/t20-,22+/m1/s1. The molecule has 176 valence electrons. The van der Waals surface area contributed by atoms with Gasteiger partial charge in [0.2, 0.25) is 11.8 Å². The lowest BCUT2D eigenvalue weighted by Gasteiger charge is -2.26. The monoisotopic (exact) mass is 435 g/mol. The molecular formula is C23H41N5O3. The molecular weight excluding hydrogens is 394 g/mol. The van der Waals surface area contributed by atoms with Crippen molar-refractivity contribution in [3.63, 3.8) is 0 Å². The van der Waals surface area contributed by atoms with Crippen LogP contribution in [0, 0.1) is 6.92 Å². The number of nitrogens with zero attached hydrogens (tertiary/aromatic N) is 4. The third kappa shape index (κ3) is 9.37. The zero-order chi connectivity index (χ0) is 22.5. The molecule has 1 aromatic heterocycles. The van der Waals surface area contributed by atoms with Crippen molar-refractivity contribution in [3.05, 3.63) is 11.9 Å². The van der Waals surface area contributed by atoms with Crippen LogP contribution in [-0.2, 0) is 9.59 Å². The number of rotatable bonds is 14. The summed E-state index contributed by atoms with van der Waals surface area (Å²) < 4.78 is 1.43. The van der Waals surface area contributed by atoms with Crippen LogP contribution >= 0.6 is 0 Å². The van der Waals surface area contributed by atoms with E-state index in [1.807, 2.05) is 4.90 Å². The second-order valence-electron chi connectivity index (χ2n) is 8.84. The van der Waals surface area contributed by atoms with Crippen LogP contribution in [0.25, 0.3) is 0 Å². The normalized spacial score (nSPS) is 16.2. The topological polar surface area (TPSA) is 100 Å². The van der Waals surface area contributed by atoms with E-state index >= 15 is 0 Å². The summed E-state index contributed by atoms with van der Waals surface area (Å²) in [7, 11) is 0. The Kier molecular flexibility index (Phi) is 11.6. The third-order valence-electron chi connectivity index (χ3n) is 5.96. The van der Waals surface area contributed by atoms with Gasteiger partial charge in [-0.15, -0.1) is 5.10 Å². The van der Waals surface area contributed by atoms with E-state index in [0.29, 0.717) is 24.6 Å². The molecule has 1 fully saturated rings. The predicted molar refractivity (Wildman–Crippen MR) is 120 cm³/mol. The van der Waals surface area contributed by atoms with Gasteiger partial charge in [-0.1, -0.05) is 43.7 Å². The average molecular weight is 436 g/mol. The molecule has 2 amide bonds. The molecule has 0 spiro atoms. The first-order valence-electron chi connectivity index (χ1n) is 12.1. The quantitative estimate of drug-likeness (QED) is 0.437. The highest BCUT2D eigenvalue weighted by atomic mass is 16.3. The average Bonchev–Trinajstić information content (AvgIpc) is 3.17. The molecule has 1 aliphatic heterocycles. The molecule has 0 radical (unpaired) electrons. The third-order valence-corrected chi connectivity index (χ3v) is 5.96. The van der Waals surface area contributed by atoms with E-state index in [1.165, 1.54) is 30.4 Å². The number of piperidine rings is 1. The molecule has 8 nitrogen and oxygen atoms in total. The lowest BCUT2D eigenvalue weighted by Crippen LogP contribution is -2.39. The van der Waals surface area contributed by atoms with Crippen LogP contribution in [0.5, 0.6) is 0 Å². The number of aliphatic hydroxyl groups is 1. The molecule has 2 N–H and O–H groups in total. The summed E-state index contributed by atoms with van der Waals surface area (Å²) in [5.74, 6) is 0.123. The van der Waals surface area contributed by atoms with Crippen LogP contribution in [0.15, 0.2) is 6.20 Å². The number of carbonyl (C=O) groups is 2. The SMILES string of the molecule is Cc1cn([C@H](C(=O)NCCCCCCCCCCC(=O)N2CCCCC2)[C@@H](C)O)nn1. The van der Waals surface area contributed by atoms with E-state index in [1.54, 1.807) is 20.0 Å². The Hall–Kier alpha value is -1.96. The second-order valence-corrected chi connectivity index (χ2v) is 8.84. The summed E-state index contributed by atoms with van der Waals surface area (Å²) in [6.07, 6.45) is 14.0. The summed E-state index contributed by atoms with van der Waals surface area (Å²) in [5.41, 5.74) is 0.715. The van der Waals surface area contributed by atoms with Crippen LogP contribution in [0.4, 0.5) is 0 Å². The minimum atomic E-state index is -0.837. The maximum Gasteiger partial charge on any atom is 0.247 e. The van der Waals surface area contributed by atoms with Gasteiger partial charge in [-0.3, -0.25) is 9.59 Å². The number of aryl methyl sites for hydroxylation is 1.